The summed E-state index contributed by atoms with van der Waals surface area (Å²) in [4.78, 5) is 25.4. The van der Waals surface area contributed by atoms with Crippen LogP contribution in [0.2, 0.25) is 0 Å². The highest BCUT2D eigenvalue weighted by atomic mass is 16.2. The number of carbonyl (C=O) groups is 1. The molecule has 1 heterocycles. The van der Waals surface area contributed by atoms with Crippen LogP contribution in [0.25, 0.3) is 10.8 Å². The summed E-state index contributed by atoms with van der Waals surface area (Å²) in [5, 5.41) is 9.79. The van der Waals surface area contributed by atoms with Crippen molar-refractivity contribution in [1.29, 1.82) is 0 Å². The minimum Gasteiger partial charge on any atom is -0.267 e. The first kappa shape index (κ1) is 19.3. The Morgan fingerprint density at radius 2 is 2.04 bits per heavy atom. The highest BCUT2D eigenvalue weighted by Crippen LogP contribution is 2.36. The molecule has 0 bridgehead atoms. The molecule has 1 saturated carbocycles. The monoisotopic (exact) mass is 368 g/mol. The van der Waals surface area contributed by atoms with Gasteiger partial charge in [0, 0.05) is 17.6 Å². The molecule has 0 spiro atoms. The van der Waals surface area contributed by atoms with E-state index in [-0.39, 0.29) is 22.6 Å². The van der Waals surface area contributed by atoms with Gasteiger partial charge in [0.15, 0.2) is 5.69 Å². The molecule has 0 unspecified atom stereocenters. The molecule has 0 aliphatic heterocycles. The van der Waals surface area contributed by atoms with Crippen LogP contribution in [0.3, 0.4) is 0 Å². The normalized spacial score (nSPS) is 20.7. The molecule has 0 saturated heterocycles. The van der Waals surface area contributed by atoms with Crippen molar-refractivity contribution >= 4 is 22.4 Å². The second kappa shape index (κ2) is 7.62. The van der Waals surface area contributed by atoms with Crippen molar-refractivity contribution in [2.24, 2.45) is 16.4 Å². The van der Waals surface area contributed by atoms with E-state index in [1.807, 2.05) is 13.0 Å². The zero-order valence-electron chi connectivity index (χ0n) is 16.6. The number of nitrogens with one attached hydrogen (secondary N) is 1. The van der Waals surface area contributed by atoms with E-state index < -0.39 is 0 Å². The number of amides is 1. The number of fused-ring (bicyclic) bond motifs is 1. The summed E-state index contributed by atoms with van der Waals surface area (Å²) in [6.45, 7) is 9.13. The van der Waals surface area contributed by atoms with Crippen molar-refractivity contribution < 1.29 is 4.79 Å². The van der Waals surface area contributed by atoms with Crippen LogP contribution in [0.1, 0.15) is 63.9 Å². The van der Waals surface area contributed by atoms with Crippen LogP contribution in [0, 0.1) is 11.3 Å². The topological polar surface area (TPSA) is 76.3 Å². The van der Waals surface area contributed by atoms with Gasteiger partial charge in [-0.3, -0.25) is 9.59 Å². The second-order valence-electron chi connectivity index (χ2n) is 8.40. The van der Waals surface area contributed by atoms with Crippen LogP contribution >= 0.6 is 0 Å². The van der Waals surface area contributed by atoms with Crippen molar-refractivity contribution in [3.63, 3.8) is 0 Å². The van der Waals surface area contributed by atoms with Crippen molar-refractivity contribution in [3.8, 4) is 0 Å². The number of hydrazone groups is 1. The van der Waals surface area contributed by atoms with E-state index in [1.54, 1.807) is 18.2 Å². The van der Waals surface area contributed by atoms with Crippen LogP contribution in [0.4, 0.5) is 0 Å². The molecule has 6 nitrogen and oxygen atoms in total. The smallest absolute Gasteiger partial charge is 0.267 e. The minimum absolute atomic E-state index is 0.168. The van der Waals surface area contributed by atoms with Crippen molar-refractivity contribution in [2.75, 3.05) is 0 Å². The lowest BCUT2D eigenvalue weighted by Crippen LogP contribution is -2.31. The quantitative estimate of drug-likeness (QED) is 0.835. The van der Waals surface area contributed by atoms with Gasteiger partial charge in [-0.15, -0.1) is 0 Å². The Bertz CT molecular complexity index is 943. The standard InChI is InChI=1S/C21H28N4O2/c1-5-10-25-20(27)17-9-7-6-8-16(17)18(24-25)19(26)23-22-15-11-14(2)12-21(3,4)13-15/h6-9,14H,5,10-13H2,1-4H3,(H,23,26)/b22-15-/t14-/m0/s1. The predicted octanol–water partition coefficient (Wildman–Crippen LogP) is 3.74. The van der Waals surface area contributed by atoms with Gasteiger partial charge in [-0.1, -0.05) is 45.9 Å². The van der Waals surface area contributed by atoms with Gasteiger partial charge < -0.3 is 0 Å². The number of hydrogen-bond acceptors (Lipinski definition) is 4. The average Bonchev–Trinajstić information content (AvgIpc) is 2.60. The summed E-state index contributed by atoms with van der Waals surface area (Å²) in [7, 11) is 0. The molecular formula is C21H28N4O2. The molecule has 1 aromatic heterocycles. The number of aryl methyl sites for hydroxylation is 1. The van der Waals surface area contributed by atoms with Gasteiger partial charge in [0.1, 0.15) is 0 Å². The Hall–Kier alpha value is -2.50. The zero-order valence-corrected chi connectivity index (χ0v) is 16.6. The lowest BCUT2D eigenvalue weighted by Gasteiger charge is -2.34. The van der Waals surface area contributed by atoms with Gasteiger partial charge in [0.2, 0.25) is 0 Å². The summed E-state index contributed by atoms with van der Waals surface area (Å²) in [5.41, 5.74) is 3.96. The molecule has 1 N–H and O–H groups in total. The maximum atomic E-state index is 12.8. The third kappa shape index (κ3) is 4.26. The van der Waals surface area contributed by atoms with Crippen LogP contribution in [0.5, 0.6) is 0 Å². The van der Waals surface area contributed by atoms with Gasteiger partial charge in [0.05, 0.1) is 5.39 Å². The maximum Gasteiger partial charge on any atom is 0.292 e. The fourth-order valence-corrected chi connectivity index (χ4v) is 4.15. The van der Waals surface area contributed by atoms with Gasteiger partial charge in [-0.25, -0.2) is 10.1 Å². The van der Waals surface area contributed by atoms with E-state index in [2.05, 4.69) is 36.4 Å². The average molecular weight is 368 g/mol. The van der Waals surface area contributed by atoms with Crippen LogP contribution in [0.15, 0.2) is 34.2 Å². The van der Waals surface area contributed by atoms with Gasteiger partial charge in [-0.2, -0.15) is 10.2 Å². The molecule has 1 aliphatic rings. The Morgan fingerprint density at radius 3 is 2.70 bits per heavy atom. The summed E-state index contributed by atoms with van der Waals surface area (Å²) >= 11 is 0. The summed E-state index contributed by atoms with van der Waals surface area (Å²) in [6.07, 6.45) is 3.70. The first-order valence-corrected chi connectivity index (χ1v) is 9.66. The molecule has 2 aromatic rings. The Kier molecular flexibility index (Phi) is 5.44. The lowest BCUT2D eigenvalue weighted by atomic mass is 9.72. The number of rotatable bonds is 4. The number of benzene rings is 1. The van der Waals surface area contributed by atoms with E-state index in [1.165, 1.54) is 4.68 Å². The molecule has 3 rings (SSSR count). The zero-order chi connectivity index (χ0) is 19.6. The van der Waals surface area contributed by atoms with E-state index in [4.69, 9.17) is 0 Å². The highest BCUT2D eigenvalue weighted by molar-refractivity contribution is 6.05. The largest absolute Gasteiger partial charge is 0.292 e. The predicted molar refractivity (Wildman–Crippen MR) is 108 cm³/mol. The molecule has 1 atom stereocenters. The van der Waals surface area contributed by atoms with Crippen LogP contribution in [-0.4, -0.2) is 21.4 Å². The van der Waals surface area contributed by atoms with Crippen molar-refractivity contribution in [1.82, 2.24) is 15.2 Å². The molecule has 27 heavy (non-hydrogen) atoms. The van der Waals surface area contributed by atoms with Gasteiger partial charge >= 0.3 is 0 Å². The summed E-state index contributed by atoms with van der Waals surface area (Å²) < 4.78 is 1.37. The van der Waals surface area contributed by atoms with Crippen LogP contribution < -0.4 is 11.0 Å². The molecule has 1 aromatic carbocycles. The van der Waals surface area contributed by atoms with Gasteiger partial charge in [-0.05, 0) is 43.1 Å². The van der Waals surface area contributed by atoms with E-state index in [9.17, 15) is 9.59 Å². The molecular weight excluding hydrogens is 340 g/mol. The van der Waals surface area contributed by atoms with Gasteiger partial charge in [0.25, 0.3) is 11.5 Å². The fraction of sp³-hybridized carbons (Fsp3) is 0.524. The highest BCUT2D eigenvalue weighted by Gasteiger charge is 2.29. The maximum absolute atomic E-state index is 12.8. The van der Waals surface area contributed by atoms with E-state index in [0.29, 0.717) is 23.2 Å². The number of carbonyl (C=O) groups excluding carboxylic acids is 1. The molecule has 1 aliphatic carbocycles. The fourth-order valence-electron chi connectivity index (χ4n) is 4.15. The molecule has 1 amide bonds. The SMILES string of the molecule is CCCn1nc(C(=O)N/N=C2/C[C@H](C)CC(C)(C)C2)c2ccccc2c1=O. The van der Waals surface area contributed by atoms with E-state index in [0.717, 1.165) is 31.4 Å². The van der Waals surface area contributed by atoms with E-state index >= 15 is 0 Å². The Balaban J connectivity index is 1.93. The third-order valence-corrected chi connectivity index (χ3v) is 5.00. The summed E-state index contributed by atoms with van der Waals surface area (Å²) in [6, 6.07) is 7.10. The van der Waals surface area contributed by atoms with Crippen molar-refractivity contribution in [3.05, 3.63) is 40.3 Å². The number of nitrogens with zero attached hydrogens (tertiary/aromatic N) is 3. The molecule has 0 radical (unpaired) electrons. The lowest BCUT2D eigenvalue weighted by molar-refractivity contribution is 0.0948. The number of hydrogen-bond donors (Lipinski definition) is 1. The molecule has 1 fully saturated rings. The first-order valence-electron chi connectivity index (χ1n) is 9.66. The first-order chi connectivity index (χ1) is 12.8. The molecule has 6 heteroatoms. The molecule has 144 valence electrons. The Labute approximate surface area is 159 Å². The Morgan fingerprint density at radius 1 is 1.33 bits per heavy atom. The minimum atomic E-state index is -0.375. The third-order valence-electron chi connectivity index (χ3n) is 5.00. The van der Waals surface area contributed by atoms with Crippen molar-refractivity contribution in [2.45, 2.75) is 59.9 Å². The number of aromatic nitrogens is 2. The summed E-state index contributed by atoms with van der Waals surface area (Å²) in [5.74, 6) is 0.175. The second-order valence-corrected chi connectivity index (χ2v) is 8.40. The van der Waals surface area contributed by atoms with Crippen LogP contribution in [-0.2, 0) is 6.54 Å².